The van der Waals surface area contributed by atoms with Crippen LogP contribution in [0.3, 0.4) is 0 Å². The largest absolute Gasteiger partial charge is 0.138 e. The molecule has 0 spiro atoms. The van der Waals surface area contributed by atoms with Gasteiger partial charge in [-0.05, 0) is 37.1 Å². The topological polar surface area (TPSA) is 0 Å². The third-order valence-corrected chi connectivity index (χ3v) is 7.07. The standard InChI is InChI=1S/C20H18S2/c1-13-11-17(15-7-3-4-8-15)21-19(13)20-14(2)12-18(22-20)16-9-5-6-10-16/h3-12,15-16H,1-2H3. The van der Waals surface area contributed by atoms with E-state index in [1.807, 2.05) is 22.7 Å². The molecule has 0 bridgehead atoms. The predicted molar refractivity (Wildman–Crippen MR) is 99.1 cm³/mol. The average Bonchev–Trinajstić information content (AvgIpc) is 3.25. The highest BCUT2D eigenvalue weighted by Gasteiger charge is 2.19. The van der Waals surface area contributed by atoms with Crippen LogP contribution in [-0.2, 0) is 0 Å². The lowest BCUT2D eigenvalue weighted by Crippen LogP contribution is -1.81. The Labute approximate surface area is 139 Å². The van der Waals surface area contributed by atoms with E-state index in [4.69, 9.17) is 0 Å². The van der Waals surface area contributed by atoms with E-state index >= 15 is 0 Å². The molecule has 0 aromatic carbocycles. The highest BCUT2D eigenvalue weighted by molar-refractivity contribution is 7.22. The molecule has 2 aromatic rings. The summed E-state index contributed by atoms with van der Waals surface area (Å²) in [5.74, 6) is 0.941. The molecule has 0 radical (unpaired) electrons. The van der Waals surface area contributed by atoms with Crippen molar-refractivity contribution >= 4 is 22.7 Å². The molecule has 22 heavy (non-hydrogen) atoms. The van der Waals surface area contributed by atoms with E-state index in [2.05, 4.69) is 74.6 Å². The van der Waals surface area contributed by atoms with Crippen LogP contribution in [0.25, 0.3) is 9.75 Å². The van der Waals surface area contributed by atoms with E-state index in [9.17, 15) is 0 Å². The lowest BCUT2D eigenvalue weighted by Gasteiger charge is -2.01. The Morgan fingerprint density at radius 1 is 0.636 bits per heavy atom. The van der Waals surface area contributed by atoms with Gasteiger partial charge in [0.2, 0.25) is 0 Å². The molecule has 2 aromatic heterocycles. The fourth-order valence-electron chi connectivity index (χ4n) is 3.04. The van der Waals surface area contributed by atoms with Gasteiger partial charge in [0.15, 0.2) is 0 Å². The first-order chi connectivity index (χ1) is 10.7. The maximum absolute atomic E-state index is 2.36. The monoisotopic (exact) mass is 322 g/mol. The first-order valence-corrected chi connectivity index (χ1v) is 9.26. The summed E-state index contributed by atoms with van der Waals surface area (Å²) in [5.41, 5.74) is 2.81. The zero-order chi connectivity index (χ0) is 15.1. The summed E-state index contributed by atoms with van der Waals surface area (Å²) < 4.78 is 0. The lowest BCUT2D eigenvalue weighted by atomic mass is 10.1. The maximum atomic E-state index is 2.36. The number of aryl methyl sites for hydroxylation is 2. The number of hydrogen-bond acceptors (Lipinski definition) is 2. The molecule has 0 saturated heterocycles. The Morgan fingerprint density at radius 2 is 1.00 bits per heavy atom. The fourth-order valence-corrected chi connectivity index (χ4v) is 5.76. The fraction of sp³-hybridized carbons (Fsp3) is 0.200. The van der Waals surface area contributed by atoms with Crippen molar-refractivity contribution < 1.29 is 0 Å². The molecule has 0 atom stereocenters. The molecule has 0 aliphatic heterocycles. The highest BCUT2D eigenvalue weighted by Crippen LogP contribution is 2.44. The SMILES string of the molecule is Cc1cc(C2C=CC=C2)sc1-c1sc(C2C=CC=C2)cc1C. The summed E-state index contributed by atoms with van der Waals surface area (Å²) >= 11 is 3.90. The van der Waals surface area contributed by atoms with Gasteiger partial charge in [0, 0.05) is 31.3 Å². The normalized spacial score (nSPS) is 17.4. The van der Waals surface area contributed by atoms with Crippen molar-refractivity contribution in [3.63, 3.8) is 0 Å². The molecule has 0 nitrogen and oxygen atoms in total. The smallest absolute Gasteiger partial charge is 0.0477 e. The lowest BCUT2D eigenvalue weighted by molar-refractivity contribution is 1.15. The van der Waals surface area contributed by atoms with Gasteiger partial charge in [-0.25, -0.2) is 0 Å². The molecule has 0 amide bonds. The van der Waals surface area contributed by atoms with Gasteiger partial charge in [0.1, 0.15) is 0 Å². The molecule has 2 heterocycles. The molecule has 4 rings (SSSR count). The summed E-state index contributed by atoms with van der Waals surface area (Å²) in [4.78, 5) is 5.80. The van der Waals surface area contributed by atoms with Gasteiger partial charge in [0.05, 0.1) is 0 Å². The highest BCUT2D eigenvalue weighted by atomic mass is 32.1. The summed E-state index contributed by atoms with van der Waals surface area (Å²) in [6.07, 6.45) is 17.7. The van der Waals surface area contributed by atoms with E-state index in [-0.39, 0.29) is 0 Å². The molecule has 2 heteroatoms. The second-order valence-electron chi connectivity index (χ2n) is 5.91. The molecule has 0 saturated carbocycles. The van der Waals surface area contributed by atoms with Gasteiger partial charge >= 0.3 is 0 Å². The van der Waals surface area contributed by atoms with Gasteiger partial charge in [0.25, 0.3) is 0 Å². The van der Waals surface area contributed by atoms with E-state index in [0.717, 1.165) is 0 Å². The van der Waals surface area contributed by atoms with Crippen LogP contribution in [0.15, 0.2) is 60.7 Å². The van der Waals surface area contributed by atoms with Crippen molar-refractivity contribution in [2.75, 3.05) is 0 Å². The van der Waals surface area contributed by atoms with Gasteiger partial charge in [-0.2, -0.15) is 0 Å². The summed E-state index contributed by atoms with van der Waals surface area (Å²) in [7, 11) is 0. The van der Waals surface area contributed by atoms with E-state index in [1.54, 1.807) is 0 Å². The van der Waals surface area contributed by atoms with E-state index in [0.29, 0.717) is 11.8 Å². The summed E-state index contributed by atoms with van der Waals surface area (Å²) in [6.45, 7) is 4.48. The van der Waals surface area contributed by atoms with Crippen LogP contribution in [0.5, 0.6) is 0 Å². The molecule has 110 valence electrons. The summed E-state index contributed by atoms with van der Waals surface area (Å²) in [6, 6.07) is 4.72. The third kappa shape index (κ3) is 2.37. The molecule has 2 aliphatic rings. The van der Waals surface area contributed by atoms with Crippen molar-refractivity contribution in [2.45, 2.75) is 25.7 Å². The Balaban J connectivity index is 1.72. The van der Waals surface area contributed by atoms with Crippen LogP contribution in [0, 0.1) is 13.8 Å². The minimum absolute atomic E-state index is 0.470. The van der Waals surface area contributed by atoms with Crippen molar-refractivity contribution in [3.05, 3.63) is 81.6 Å². The first-order valence-electron chi connectivity index (χ1n) is 7.63. The van der Waals surface area contributed by atoms with Gasteiger partial charge in [-0.3, -0.25) is 0 Å². The second-order valence-corrected chi connectivity index (χ2v) is 8.08. The van der Waals surface area contributed by atoms with Crippen molar-refractivity contribution in [1.82, 2.24) is 0 Å². The van der Waals surface area contributed by atoms with Crippen molar-refractivity contribution in [2.24, 2.45) is 0 Å². The molecule has 2 aliphatic carbocycles. The van der Waals surface area contributed by atoms with Crippen molar-refractivity contribution in [3.8, 4) is 9.75 Å². The van der Waals surface area contributed by atoms with E-state index in [1.165, 1.54) is 30.6 Å². The number of rotatable bonds is 3. The van der Waals surface area contributed by atoms with Gasteiger partial charge in [-0.1, -0.05) is 48.6 Å². The Bertz CT molecular complexity index is 730. The third-order valence-electron chi connectivity index (χ3n) is 4.23. The van der Waals surface area contributed by atoms with Crippen LogP contribution in [0.2, 0.25) is 0 Å². The van der Waals surface area contributed by atoms with Crippen LogP contribution >= 0.6 is 22.7 Å². The van der Waals surface area contributed by atoms with Gasteiger partial charge in [-0.15, -0.1) is 22.7 Å². The predicted octanol–water partition coefficient (Wildman–Crippen LogP) is 6.51. The van der Waals surface area contributed by atoms with E-state index < -0.39 is 0 Å². The van der Waals surface area contributed by atoms with Crippen LogP contribution in [-0.4, -0.2) is 0 Å². The molecule has 0 unspecified atom stereocenters. The Morgan fingerprint density at radius 3 is 1.36 bits per heavy atom. The minimum atomic E-state index is 0.470. The Hall–Kier alpha value is -1.64. The van der Waals surface area contributed by atoms with Crippen molar-refractivity contribution in [1.29, 1.82) is 0 Å². The quantitative estimate of drug-likeness (QED) is 0.604. The molecule has 0 N–H and O–H groups in total. The number of allylic oxidation sites excluding steroid dienone is 8. The minimum Gasteiger partial charge on any atom is -0.138 e. The average molecular weight is 322 g/mol. The first kappa shape index (κ1) is 14.0. The Kier molecular flexibility index (Phi) is 3.51. The zero-order valence-electron chi connectivity index (χ0n) is 12.7. The second kappa shape index (κ2) is 5.53. The maximum Gasteiger partial charge on any atom is 0.0477 e. The summed E-state index contributed by atoms with van der Waals surface area (Å²) in [5, 5.41) is 0. The molecule has 0 fully saturated rings. The van der Waals surface area contributed by atoms with Gasteiger partial charge < -0.3 is 0 Å². The molecular weight excluding hydrogens is 304 g/mol. The van der Waals surface area contributed by atoms with Crippen LogP contribution in [0.1, 0.15) is 32.7 Å². The number of thiophene rings is 2. The molecular formula is C20H18S2. The van der Waals surface area contributed by atoms with Crippen LogP contribution < -0.4 is 0 Å². The van der Waals surface area contributed by atoms with Crippen LogP contribution in [0.4, 0.5) is 0 Å². The number of hydrogen-bond donors (Lipinski definition) is 0. The zero-order valence-corrected chi connectivity index (χ0v) is 14.4.